The zero-order valence-electron chi connectivity index (χ0n) is 11.5. The van der Waals surface area contributed by atoms with Gasteiger partial charge >= 0.3 is 6.18 Å². The summed E-state index contributed by atoms with van der Waals surface area (Å²) in [6.45, 7) is 3.74. The molecule has 1 N–H and O–H groups in total. The van der Waals surface area contributed by atoms with Crippen LogP contribution in [-0.2, 0) is 6.18 Å². The van der Waals surface area contributed by atoms with Crippen molar-refractivity contribution in [2.24, 2.45) is 0 Å². The number of alkyl halides is 3. The molecule has 0 amide bonds. The Kier molecular flexibility index (Phi) is 4.44. The number of hydrogen-bond acceptors (Lipinski definition) is 1. The van der Waals surface area contributed by atoms with Crippen molar-refractivity contribution < 1.29 is 18.3 Å². The lowest BCUT2D eigenvalue weighted by atomic mass is 9.94. The monoisotopic (exact) mass is 358 g/mol. The lowest BCUT2D eigenvalue weighted by Crippen LogP contribution is -2.09. The predicted molar refractivity (Wildman–Crippen MR) is 79.1 cm³/mol. The quantitative estimate of drug-likeness (QED) is 0.785. The molecule has 1 nitrogen and oxygen atoms in total. The minimum Gasteiger partial charge on any atom is -0.384 e. The summed E-state index contributed by atoms with van der Waals surface area (Å²) in [6, 6.07) is 8.68. The molecular formula is C16H14BrF3O. The van der Waals surface area contributed by atoms with Crippen LogP contribution in [0, 0.1) is 13.8 Å². The van der Waals surface area contributed by atoms with Crippen molar-refractivity contribution >= 4 is 15.9 Å². The number of benzene rings is 2. The van der Waals surface area contributed by atoms with Gasteiger partial charge in [-0.2, -0.15) is 13.2 Å². The van der Waals surface area contributed by atoms with E-state index in [9.17, 15) is 18.3 Å². The normalized spacial score (nSPS) is 13.3. The molecule has 21 heavy (non-hydrogen) atoms. The Hall–Kier alpha value is -1.33. The van der Waals surface area contributed by atoms with E-state index in [4.69, 9.17) is 0 Å². The predicted octanol–water partition coefficient (Wildman–Crippen LogP) is 5.17. The number of halogens is 4. The van der Waals surface area contributed by atoms with E-state index in [0.717, 1.165) is 23.3 Å². The van der Waals surface area contributed by atoms with Gasteiger partial charge in [-0.05, 0) is 54.3 Å². The molecule has 1 atom stereocenters. The average Bonchev–Trinajstić information content (AvgIpc) is 2.40. The van der Waals surface area contributed by atoms with Crippen LogP contribution in [0.2, 0.25) is 0 Å². The van der Waals surface area contributed by atoms with E-state index >= 15 is 0 Å². The van der Waals surface area contributed by atoms with Gasteiger partial charge in [0.05, 0.1) is 5.56 Å². The van der Waals surface area contributed by atoms with E-state index in [1.165, 1.54) is 6.07 Å². The summed E-state index contributed by atoms with van der Waals surface area (Å²) in [6.07, 6.45) is -5.54. The number of aryl methyl sites for hydroxylation is 1. The molecule has 2 aromatic carbocycles. The fourth-order valence-corrected chi connectivity index (χ4v) is 2.63. The molecule has 0 aromatic heterocycles. The second-order valence-electron chi connectivity index (χ2n) is 4.93. The van der Waals surface area contributed by atoms with Crippen LogP contribution < -0.4 is 0 Å². The molecule has 1 unspecified atom stereocenters. The third kappa shape index (κ3) is 3.30. The van der Waals surface area contributed by atoms with Gasteiger partial charge in [0, 0.05) is 4.47 Å². The molecule has 2 aromatic rings. The number of aliphatic hydroxyl groups is 1. The van der Waals surface area contributed by atoms with Crippen LogP contribution in [0.25, 0.3) is 0 Å². The highest BCUT2D eigenvalue weighted by Gasteiger charge is 2.31. The molecule has 0 aliphatic rings. The summed E-state index contributed by atoms with van der Waals surface area (Å²) in [5, 5.41) is 10.5. The lowest BCUT2D eigenvalue weighted by Gasteiger charge is -2.18. The molecule has 0 spiro atoms. The van der Waals surface area contributed by atoms with Crippen LogP contribution in [0.1, 0.15) is 33.9 Å². The zero-order valence-corrected chi connectivity index (χ0v) is 13.1. The largest absolute Gasteiger partial charge is 0.416 e. The van der Waals surface area contributed by atoms with Gasteiger partial charge in [-0.15, -0.1) is 0 Å². The summed E-state index contributed by atoms with van der Waals surface area (Å²) in [5.41, 5.74) is 1.89. The van der Waals surface area contributed by atoms with Gasteiger partial charge in [0.25, 0.3) is 0 Å². The first-order valence-corrected chi connectivity index (χ1v) is 7.12. The SMILES string of the molecule is Cc1cccc(C(O)c2cc(C(F)(F)F)ccc2Br)c1C. The second kappa shape index (κ2) is 5.81. The highest BCUT2D eigenvalue weighted by Crippen LogP contribution is 2.36. The zero-order chi connectivity index (χ0) is 15.8. The highest BCUT2D eigenvalue weighted by molar-refractivity contribution is 9.10. The fourth-order valence-electron chi connectivity index (χ4n) is 2.17. The summed E-state index contributed by atoms with van der Waals surface area (Å²) < 4.78 is 38.9. The van der Waals surface area contributed by atoms with Crippen molar-refractivity contribution in [3.8, 4) is 0 Å². The van der Waals surface area contributed by atoms with Crippen LogP contribution in [0.5, 0.6) is 0 Å². The molecule has 0 aliphatic carbocycles. The Labute approximate surface area is 129 Å². The third-order valence-corrected chi connectivity index (χ3v) is 4.28. The average molecular weight is 359 g/mol. The van der Waals surface area contributed by atoms with Gasteiger partial charge in [-0.25, -0.2) is 0 Å². The van der Waals surface area contributed by atoms with Gasteiger partial charge < -0.3 is 5.11 Å². The Balaban J connectivity index is 2.53. The molecule has 0 aliphatic heterocycles. The van der Waals surface area contributed by atoms with E-state index in [-0.39, 0.29) is 5.56 Å². The van der Waals surface area contributed by atoms with E-state index in [2.05, 4.69) is 15.9 Å². The summed E-state index contributed by atoms with van der Waals surface area (Å²) in [5.74, 6) is 0. The molecule has 0 bridgehead atoms. The van der Waals surface area contributed by atoms with Crippen LogP contribution >= 0.6 is 15.9 Å². The highest BCUT2D eigenvalue weighted by atomic mass is 79.9. The van der Waals surface area contributed by atoms with Crippen LogP contribution in [0.4, 0.5) is 13.2 Å². The minimum atomic E-state index is -4.43. The van der Waals surface area contributed by atoms with Crippen molar-refractivity contribution in [2.75, 3.05) is 0 Å². The van der Waals surface area contributed by atoms with Crippen molar-refractivity contribution in [1.82, 2.24) is 0 Å². The third-order valence-electron chi connectivity index (χ3n) is 3.56. The molecule has 0 saturated carbocycles. The van der Waals surface area contributed by atoms with E-state index < -0.39 is 17.8 Å². The molecular weight excluding hydrogens is 345 g/mol. The maximum absolute atomic E-state index is 12.8. The van der Waals surface area contributed by atoms with E-state index in [0.29, 0.717) is 10.0 Å². The van der Waals surface area contributed by atoms with Gasteiger partial charge in [0.2, 0.25) is 0 Å². The molecule has 5 heteroatoms. The minimum absolute atomic E-state index is 0.207. The second-order valence-corrected chi connectivity index (χ2v) is 5.78. The Morgan fingerprint density at radius 2 is 1.71 bits per heavy atom. The fraction of sp³-hybridized carbons (Fsp3) is 0.250. The maximum Gasteiger partial charge on any atom is 0.416 e. The van der Waals surface area contributed by atoms with Crippen molar-refractivity contribution in [2.45, 2.75) is 26.1 Å². The first kappa shape index (κ1) is 16.0. The van der Waals surface area contributed by atoms with Crippen molar-refractivity contribution in [3.05, 3.63) is 68.7 Å². The number of aliphatic hydroxyl groups excluding tert-OH is 1. The maximum atomic E-state index is 12.8. The summed E-state index contributed by atoms with van der Waals surface area (Å²) >= 11 is 3.21. The Morgan fingerprint density at radius 3 is 2.33 bits per heavy atom. The number of hydrogen-bond donors (Lipinski definition) is 1. The molecule has 0 fully saturated rings. The standard InChI is InChI=1S/C16H14BrF3O/c1-9-4-3-5-12(10(9)2)15(21)13-8-11(16(18,19)20)6-7-14(13)17/h3-8,15,21H,1-2H3. The van der Waals surface area contributed by atoms with Crippen LogP contribution in [0.15, 0.2) is 40.9 Å². The van der Waals surface area contributed by atoms with Gasteiger partial charge in [0.15, 0.2) is 0 Å². The van der Waals surface area contributed by atoms with Gasteiger partial charge in [0.1, 0.15) is 6.10 Å². The summed E-state index contributed by atoms with van der Waals surface area (Å²) in [7, 11) is 0. The molecule has 2 rings (SSSR count). The van der Waals surface area contributed by atoms with Gasteiger partial charge in [-0.1, -0.05) is 34.1 Å². The van der Waals surface area contributed by atoms with Crippen molar-refractivity contribution in [1.29, 1.82) is 0 Å². The molecule has 0 radical (unpaired) electrons. The van der Waals surface area contributed by atoms with Crippen molar-refractivity contribution in [3.63, 3.8) is 0 Å². The molecule has 0 saturated heterocycles. The Morgan fingerprint density at radius 1 is 1.05 bits per heavy atom. The lowest BCUT2D eigenvalue weighted by molar-refractivity contribution is -0.137. The number of rotatable bonds is 2. The van der Waals surface area contributed by atoms with E-state index in [1.54, 1.807) is 12.1 Å². The summed E-state index contributed by atoms with van der Waals surface area (Å²) in [4.78, 5) is 0. The molecule has 112 valence electrons. The molecule has 0 heterocycles. The first-order chi connectivity index (χ1) is 9.71. The van der Waals surface area contributed by atoms with Crippen LogP contribution in [0.3, 0.4) is 0 Å². The van der Waals surface area contributed by atoms with E-state index in [1.807, 2.05) is 19.9 Å². The van der Waals surface area contributed by atoms with Crippen LogP contribution in [-0.4, -0.2) is 5.11 Å². The Bertz CT molecular complexity index is 665. The smallest absolute Gasteiger partial charge is 0.384 e. The van der Waals surface area contributed by atoms with Gasteiger partial charge in [-0.3, -0.25) is 0 Å². The topological polar surface area (TPSA) is 20.2 Å². The first-order valence-electron chi connectivity index (χ1n) is 6.32.